The second-order valence-electron chi connectivity index (χ2n) is 5.36. The molecule has 7 nitrogen and oxygen atoms in total. The molecule has 0 saturated carbocycles. The molecule has 0 unspecified atom stereocenters. The second kappa shape index (κ2) is 7.76. The van der Waals surface area contributed by atoms with Crippen molar-refractivity contribution >= 4 is 34.7 Å². The highest BCUT2D eigenvalue weighted by molar-refractivity contribution is 6.30. The van der Waals surface area contributed by atoms with Gasteiger partial charge in [0.15, 0.2) is 12.4 Å². The molecular formula is C17H15ClN2O5. The van der Waals surface area contributed by atoms with Crippen LogP contribution in [0.25, 0.3) is 0 Å². The van der Waals surface area contributed by atoms with Crippen LogP contribution in [0.4, 0.5) is 11.4 Å². The average molecular weight is 363 g/mol. The van der Waals surface area contributed by atoms with E-state index in [1.165, 1.54) is 24.3 Å². The zero-order valence-corrected chi connectivity index (χ0v) is 14.3. The third-order valence-electron chi connectivity index (χ3n) is 3.39. The molecule has 0 bridgehead atoms. The van der Waals surface area contributed by atoms with Crippen molar-refractivity contribution in [3.63, 3.8) is 0 Å². The third-order valence-corrected chi connectivity index (χ3v) is 3.64. The van der Waals surface area contributed by atoms with Crippen molar-refractivity contribution in [3.8, 4) is 0 Å². The normalized spacial score (nSPS) is 10.2. The number of carbonyl (C=O) groups excluding carboxylic acids is 2. The molecule has 0 saturated heterocycles. The molecule has 8 heteroatoms. The maximum Gasteiger partial charge on any atom is 0.338 e. The third kappa shape index (κ3) is 4.54. The molecule has 0 aliphatic heterocycles. The number of nitro groups is 1. The number of Topliss-reactive ketones (excluding diaryl/α,β-unsaturated/α-hetero) is 1. The van der Waals surface area contributed by atoms with E-state index in [1.54, 1.807) is 31.1 Å². The summed E-state index contributed by atoms with van der Waals surface area (Å²) < 4.78 is 4.95. The van der Waals surface area contributed by atoms with Crippen LogP contribution in [0, 0.1) is 10.1 Å². The maximum absolute atomic E-state index is 12.1. The fraction of sp³-hybridized carbons (Fsp3) is 0.176. The molecule has 0 radical (unpaired) electrons. The van der Waals surface area contributed by atoms with Gasteiger partial charge in [0.25, 0.3) is 5.69 Å². The van der Waals surface area contributed by atoms with E-state index in [1.807, 2.05) is 0 Å². The summed E-state index contributed by atoms with van der Waals surface area (Å²) in [6.07, 6.45) is 0. The minimum absolute atomic E-state index is 0.00112. The summed E-state index contributed by atoms with van der Waals surface area (Å²) >= 11 is 5.74. The molecule has 25 heavy (non-hydrogen) atoms. The van der Waals surface area contributed by atoms with Gasteiger partial charge >= 0.3 is 5.97 Å². The number of anilines is 1. The van der Waals surface area contributed by atoms with Crippen molar-refractivity contribution in [2.45, 2.75) is 0 Å². The van der Waals surface area contributed by atoms with Crippen LogP contribution in [0.2, 0.25) is 5.02 Å². The molecule has 2 rings (SSSR count). The van der Waals surface area contributed by atoms with Gasteiger partial charge in [0.05, 0.1) is 10.5 Å². The standard InChI is InChI=1S/C17H15ClN2O5/c1-19(2)14-8-5-12(9-15(14)20(23)24)17(22)25-10-16(21)11-3-6-13(18)7-4-11/h3-9H,10H2,1-2H3. The number of carbonyl (C=O) groups is 2. The Hall–Kier alpha value is -2.93. The van der Waals surface area contributed by atoms with Gasteiger partial charge in [-0.25, -0.2) is 4.79 Å². The zero-order chi connectivity index (χ0) is 18.6. The Bertz CT molecular complexity index is 818. The molecule has 0 aliphatic rings. The number of halogens is 1. The highest BCUT2D eigenvalue weighted by atomic mass is 35.5. The number of benzene rings is 2. The van der Waals surface area contributed by atoms with E-state index in [2.05, 4.69) is 0 Å². The van der Waals surface area contributed by atoms with Gasteiger partial charge in [0, 0.05) is 30.7 Å². The monoisotopic (exact) mass is 362 g/mol. The van der Waals surface area contributed by atoms with E-state index in [4.69, 9.17) is 16.3 Å². The van der Waals surface area contributed by atoms with Crippen molar-refractivity contribution in [2.75, 3.05) is 25.6 Å². The van der Waals surface area contributed by atoms with Crippen LogP contribution in [0.5, 0.6) is 0 Å². The van der Waals surface area contributed by atoms with E-state index < -0.39 is 23.3 Å². The van der Waals surface area contributed by atoms with Crippen molar-refractivity contribution in [2.24, 2.45) is 0 Å². The maximum atomic E-state index is 12.1. The van der Waals surface area contributed by atoms with Crippen LogP contribution < -0.4 is 4.90 Å². The van der Waals surface area contributed by atoms with Gasteiger partial charge in [0.2, 0.25) is 0 Å². The molecule has 0 fully saturated rings. The first-order valence-electron chi connectivity index (χ1n) is 7.21. The summed E-state index contributed by atoms with van der Waals surface area (Å²) in [5, 5.41) is 11.6. The van der Waals surface area contributed by atoms with Crippen molar-refractivity contribution < 1.29 is 19.2 Å². The number of nitrogens with zero attached hydrogens (tertiary/aromatic N) is 2. The lowest BCUT2D eigenvalue weighted by molar-refractivity contribution is -0.384. The van der Waals surface area contributed by atoms with Gasteiger partial charge in [-0.3, -0.25) is 14.9 Å². The number of ether oxygens (including phenoxy) is 1. The minimum atomic E-state index is -0.810. The quantitative estimate of drug-likeness (QED) is 0.339. The summed E-state index contributed by atoms with van der Waals surface area (Å²) in [5.74, 6) is -1.21. The smallest absolute Gasteiger partial charge is 0.338 e. The van der Waals surface area contributed by atoms with Gasteiger partial charge in [-0.1, -0.05) is 11.6 Å². The summed E-state index contributed by atoms with van der Waals surface area (Å²) in [4.78, 5) is 36.2. The Labute approximate surface area is 148 Å². The summed E-state index contributed by atoms with van der Waals surface area (Å²) in [6.45, 7) is -0.469. The lowest BCUT2D eigenvalue weighted by Gasteiger charge is -2.13. The molecular weight excluding hydrogens is 348 g/mol. The van der Waals surface area contributed by atoms with Gasteiger partial charge < -0.3 is 9.64 Å². The van der Waals surface area contributed by atoms with E-state index in [0.717, 1.165) is 6.07 Å². The SMILES string of the molecule is CN(C)c1ccc(C(=O)OCC(=O)c2ccc(Cl)cc2)cc1[N+](=O)[O-]. The van der Waals surface area contributed by atoms with Gasteiger partial charge in [-0.2, -0.15) is 0 Å². The molecule has 2 aromatic carbocycles. The van der Waals surface area contributed by atoms with Crippen LogP contribution >= 0.6 is 11.6 Å². The van der Waals surface area contributed by atoms with Crippen molar-refractivity contribution in [1.82, 2.24) is 0 Å². The summed E-state index contributed by atoms with van der Waals surface area (Å²) in [5.41, 5.74) is 0.495. The average Bonchev–Trinajstić information content (AvgIpc) is 2.59. The second-order valence-corrected chi connectivity index (χ2v) is 5.80. The Morgan fingerprint density at radius 3 is 2.28 bits per heavy atom. The molecule has 2 aromatic rings. The lowest BCUT2D eigenvalue weighted by Crippen LogP contribution is -2.15. The van der Waals surface area contributed by atoms with E-state index in [9.17, 15) is 19.7 Å². The lowest BCUT2D eigenvalue weighted by atomic mass is 10.1. The Kier molecular flexibility index (Phi) is 5.71. The highest BCUT2D eigenvalue weighted by Crippen LogP contribution is 2.28. The number of rotatable bonds is 6. The number of nitro benzene ring substituents is 1. The van der Waals surface area contributed by atoms with E-state index in [-0.39, 0.29) is 11.3 Å². The number of esters is 1. The van der Waals surface area contributed by atoms with Crippen molar-refractivity contribution in [1.29, 1.82) is 0 Å². The Morgan fingerprint density at radius 2 is 1.72 bits per heavy atom. The van der Waals surface area contributed by atoms with Gasteiger partial charge in [-0.05, 0) is 36.4 Å². The van der Waals surface area contributed by atoms with Crippen LogP contribution in [0.3, 0.4) is 0 Å². The summed E-state index contributed by atoms with van der Waals surface area (Å²) in [6, 6.07) is 10.2. The number of hydrogen-bond acceptors (Lipinski definition) is 6. The Morgan fingerprint density at radius 1 is 1.12 bits per heavy atom. The molecule has 0 amide bonds. The first-order chi connectivity index (χ1) is 11.8. The molecule has 0 spiro atoms. The number of hydrogen-bond donors (Lipinski definition) is 0. The molecule has 0 aliphatic carbocycles. The zero-order valence-electron chi connectivity index (χ0n) is 13.6. The fourth-order valence-corrected chi connectivity index (χ4v) is 2.23. The van der Waals surface area contributed by atoms with Crippen LogP contribution in [-0.4, -0.2) is 37.4 Å². The first kappa shape index (κ1) is 18.4. The van der Waals surface area contributed by atoms with Gasteiger partial charge in [0.1, 0.15) is 5.69 Å². The molecule has 130 valence electrons. The minimum Gasteiger partial charge on any atom is -0.454 e. The highest BCUT2D eigenvalue weighted by Gasteiger charge is 2.20. The molecule has 0 atom stereocenters. The molecule has 0 aromatic heterocycles. The van der Waals surface area contributed by atoms with Gasteiger partial charge in [-0.15, -0.1) is 0 Å². The van der Waals surface area contributed by atoms with Crippen molar-refractivity contribution in [3.05, 3.63) is 68.7 Å². The molecule has 0 heterocycles. The summed E-state index contributed by atoms with van der Waals surface area (Å²) in [7, 11) is 3.32. The number of ketones is 1. The van der Waals surface area contributed by atoms with E-state index >= 15 is 0 Å². The Balaban J connectivity index is 2.10. The largest absolute Gasteiger partial charge is 0.454 e. The van der Waals surface area contributed by atoms with E-state index in [0.29, 0.717) is 16.3 Å². The van der Waals surface area contributed by atoms with Crippen LogP contribution in [0.15, 0.2) is 42.5 Å². The fourth-order valence-electron chi connectivity index (χ4n) is 2.11. The predicted octanol–water partition coefficient (Wildman–Crippen LogP) is 3.35. The van der Waals surface area contributed by atoms with Crippen LogP contribution in [0.1, 0.15) is 20.7 Å². The predicted molar refractivity (Wildman–Crippen MR) is 93.5 cm³/mol. The topological polar surface area (TPSA) is 89.8 Å². The first-order valence-corrected chi connectivity index (χ1v) is 7.59. The van der Waals surface area contributed by atoms with Crippen LogP contribution in [-0.2, 0) is 4.74 Å². The molecule has 0 N–H and O–H groups in total.